The van der Waals surface area contributed by atoms with Crippen LogP contribution in [0.25, 0.3) is 0 Å². The summed E-state index contributed by atoms with van der Waals surface area (Å²) in [7, 11) is -2.43. The number of hydrogen-bond acceptors (Lipinski definition) is 5. The standard InChI is InChI=1S/C28H38ClN3O5S/c1-5-24(28(34)30-22-12-7-6-8-13-22)31(18-21-11-9-10-14-23(21)29)27(33)19-32(38(4,35)36)25-17-20(2)15-16-26(25)37-3/h9-11,14-17,22,24H,5-8,12-13,18-19H2,1-4H3,(H,30,34)/t24-/m1/s1. The summed E-state index contributed by atoms with van der Waals surface area (Å²) in [5, 5.41) is 3.59. The van der Waals surface area contributed by atoms with Crippen molar-refractivity contribution in [2.45, 2.75) is 71.0 Å². The van der Waals surface area contributed by atoms with E-state index in [-0.39, 0.29) is 24.2 Å². The number of nitrogens with one attached hydrogen (secondary N) is 1. The first-order valence-electron chi connectivity index (χ1n) is 13.0. The Balaban J connectivity index is 1.97. The molecule has 2 amide bonds. The van der Waals surface area contributed by atoms with Crippen molar-refractivity contribution in [1.82, 2.24) is 10.2 Å². The third-order valence-corrected chi connectivity index (χ3v) is 8.41. The van der Waals surface area contributed by atoms with Crippen LogP contribution in [0, 0.1) is 6.92 Å². The van der Waals surface area contributed by atoms with Gasteiger partial charge in [-0.15, -0.1) is 0 Å². The van der Waals surface area contributed by atoms with E-state index in [0.29, 0.717) is 22.8 Å². The number of ether oxygens (including phenoxy) is 1. The Morgan fingerprint density at radius 1 is 1.13 bits per heavy atom. The van der Waals surface area contributed by atoms with Crippen molar-refractivity contribution in [2.75, 3.05) is 24.2 Å². The van der Waals surface area contributed by atoms with Crippen LogP contribution in [-0.4, -0.2) is 57.1 Å². The summed E-state index contributed by atoms with van der Waals surface area (Å²) in [4.78, 5) is 28.8. The number of benzene rings is 2. The maximum Gasteiger partial charge on any atom is 0.244 e. The van der Waals surface area contributed by atoms with Gasteiger partial charge in [0.25, 0.3) is 0 Å². The number of aryl methyl sites for hydroxylation is 1. The largest absolute Gasteiger partial charge is 0.495 e. The van der Waals surface area contributed by atoms with Crippen LogP contribution in [0.1, 0.15) is 56.6 Å². The predicted molar refractivity (Wildman–Crippen MR) is 151 cm³/mol. The highest BCUT2D eigenvalue weighted by Gasteiger charge is 2.33. The highest BCUT2D eigenvalue weighted by molar-refractivity contribution is 7.92. The normalized spacial score (nSPS) is 15.0. The minimum Gasteiger partial charge on any atom is -0.495 e. The SMILES string of the molecule is CC[C@H](C(=O)NC1CCCCC1)N(Cc1ccccc1Cl)C(=O)CN(c1cc(C)ccc1OC)S(C)(=O)=O. The Hall–Kier alpha value is -2.78. The summed E-state index contributed by atoms with van der Waals surface area (Å²) < 4.78 is 32.3. The fourth-order valence-electron chi connectivity index (χ4n) is 4.86. The molecule has 1 saturated carbocycles. The molecule has 1 aliphatic carbocycles. The van der Waals surface area contributed by atoms with Gasteiger partial charge in [0.05, 0.1) is 19.1 Å². The number of carbonyl (C=O) groups is 2. The first-order chi connectivity index (χ1) is 18.0. The van der Waals surface area contributed by atoms with E-state index in [1.165, 1.54) is 12.0 Å². The predicted octanol–water partition coefficient (Wildman–Crippen LogP) is 4.68. The van der Waals surface area contributed by atoms with Crippen molar-refractivity contribution in [1.29, 1.82) is 0 Å². The van der Waals surface area contributed by atoms with Crippen molar-refractivity contribution in [2.24, 2.45) is 0 Å². The highest BCUT2D eigenvalue weighted by atomic mass is 35.5. The van der Waals surface area contributed by atoms with Crippen LogP contribution in [0.3, 0.4) is 0 Å². The van der Waals surface area contributed by atoms with E-state index in [0.717, 1.165) is 48.2 Å². The number of rotatable bonds is 11. The summed E-state index contributed by atoms with van der Waals surface area (Å²) in [6.45, 7) is 3.25. The van der Waals surface area contributed by atoms with E-state index in [1.54, 1.807) is 36.4 Å². The van der Waals surface area contributed by atoms with Crippen molar-refractivity contribution < 1.29 is 22.7 Å². The van der Waals surface area contributed by atoms with E-state index in [9.17, 15) is 18.0 Å². The van der Waals surface area contributed by atoms with E-state index >= 15 is 0 Å². The number of halogens is 1. The van der Waals surface area contributed by atoms with Crippen LogP contribution in [0.15, 0.2) is 42.5 Å². The average Bonchev–Trinajstić information content (AvgIpc) is 2.88. The minimum atomic E-state index is -3.87. The molecular formula is C28H38ClN3O5S. The molecule has 208 valence electrons. The number of anilines is 1. The maximum absolute atomic E-state index is 13.9. The molecule has 8 nitrogen and oxygen atoms in total. The minimum absolute atomic E-state index is 0.0671. The molecule has 2 aromatic carbocycles. The topological polar surface area (TPSA) is 96.0 Å². The Morgan fingerprint density at radius 2 is 1.82 bits per heavy atom. The van der Waals surface area contributed by atoms with Gasteiger partial charge in [-0.1, -0.05) is 62.1 Å². The lowest BCUT2D eigenvalue weighted by atomic mass is 9.95. The number of nitrogens with zero attached hydrogens (tertiary/aromatic N) is 2. The first kappa shape index (κ1) is 29.8. The second kappa shape index (κ2) is 13.3. The Kier molecular flexibility index (Phi) is 10.4. The molecule has 1 fully saturated rings. The molecule has 0 saturated heterocycles. The number of sulfonamides is 1. The van der Waals surface area contributed by atoms with Crippen LogP contribution in [0.5, 0.6) is 5.75 Å². The molecule has 3 rings (SSSR count). The zero-order valence-corrected chi connectivity index (χ0v) is 24.1. The van der Waals surface area contributed by atoms with Crippen molar-refractivity contribution >= 4 is 39.1 Å². The Bertz CT molecular complexity index is 1230. The molecule has 1 aliphatic rings. The van der Waals surface area contributed by atoms with Crippen molar-refractivity contribution in [3.63, 3.8) is 0 Å². The Morgan fingerprint density at radius 3 is 2.42 bits per heavy atom. The van der Waals surface area contributed by atoms with E-state index in [1.807, 2.05) is 19.9 Å². The van der Waals surface area contributed by atoms with E-state index in [2.05, 4.69) is 5.32 Å². The molecule has 0 unspecified atom stereocenters. The molecule has 0 heterocycles. The molecule has 0 spiro atoms. The second-order valence-electron chi connectivity index (χ2n) is 9.83. The van der Waals surface area contributed by atoms with Gasteiger partial charge in [0.15, 0.2) is 0 Å². The molecule has 0 aliphatic heterocycles. The van der Waals surface area contributed by atoms with Crippen LogP contribution < -0.4 is 14.4 Å². The zero-order chi connectivity index (χ0) is 27.9. The second-order valence-corrected chi connectivity index (χ2v) is 12.1. The first-order valence-corrected chi connectivity index (χ1v) is 15.2. The van der Waals surface area contributed by atoms with Gasteiger partial charge < -0.3 is 15.0 Å². The Labute approximate surface area is 231 Å². The summed E-state index contributed by atoms with van der Waals surface area (Å²) in [5.74, 6) is -0.419. The van der Waals surface area contributed by atoms with Crippen LogP contribution >= 0.6 is 11.6 Å². The average molecular weight is 564 g/mol. The summed E-state index contributed by atoms with van der Waals surface area (Å²) in [6.07, 6.45) is 6.52. The van der Waals surface area contributed by atoms with E-state index in [4.69, 9.17) is 16.3 Å². The molecule has 1 N–H and O–H groups in total. The van der Waals surface area contributed by atoms with Crippen LogP contribution in [0.2, 0.25) is 5.02 Å². The molecule has 0 aromatic heterocycles. The monoisotopic (exact) mass is 563 g/mol. The van der Waals surface area contributed by atoms with Gasteiger partial charge in [-0.25, -0.2) is 8.42 Å². The third-order valence-electron chi connectivity index (χ3n) is 6.92. The quantitative estimate of drug-likeness (QED) is 0.428. The van der Waals surface area contributed by atoms with Gasteiger partial charge in [-0.3, -0.25) is 13.9 Å². The van der Waals surface area contributed by atoms with Gasteiger partial charge in [-0.2, -0.15) is 0 Å². The fourth-order valence-corrected chi connectivity index (χ4v) is 5.90. The number of methoxy groups -OCH3 is 1. The van der Waals surface area contributed by atoms with Crippen molar-refractivity contribution in [3.8, 4) is 5.75 Å². The molecule has 0 bridgehead atoms. The lowest BCUT2D eigenvalue weighted by Crippen LogP contribution is -2.54. The van der Waals surface area contributed by atoms with Gasteiger partial charge >= 0.3 is 0 Å². The van der Waals surface area contributed by atoms with Gasteiger partial charge in [0.1, 0.15) is 18.3 Å². The molecule has 2 aromatic rings. The van der Waals surface area contributed by atoms with Gasteiger partial charge in [0, 0.05) is 17.6 Å². The molecule has 0 radical (unpaired) electrons. The molecule has 38 heavy (non-hydrogen) atoms. The fraction of sp³-hybridized carbons (Fsp3) is 0.500. The van der Waals surface area contributed by atoms with E-state index < -0.39 is 28.5 Å². The maximum atomic E-state index is 13.9. The van der Waals surface area contributed by atoms with Crippen LogP contribution in [-0.2, 0) is 26.2 Å². The van der Waals surface area contributed by atoms with Gasteiger partial charge in [-0.05, 0) is 55.5 Å². The van der Waals surface area contributed by atoms with Crippen molar-refractivity contribution in [3.05, 3.63) is 58.6 Å². The zero-order valence-electron chi connectivity index (χ0n) is 22.6. The highest BCUT2D eigenvalue weighted by Crippen LogP contribution is 2.31. The number of amides is 2. The molecule has 1 atom stereocenters. The number of hydrogen-bond donors (Lipinski definition) is 1. The van der Waals surface area contributed by atoms with Crippen LogP contribution in [0.4, 0.5) is 5.69 Å². The third kappa shape index (κ3) is 7.63. The summed E-state index contributed by atoms with van der Waals surface area (Å²) in [6, 6.07) is 11.5. The summed E-state index contributed by atoms with van der Waals surface area (Å²) in [5.41, 5.74) is 1.75. The number of carbonyl (C=O) groups excluding carboxylic acids is 2. The lowest BCUT2D eigenvalue weighted by molar-refractivity contribution is -0.140. The lowest BCUT2D eigenvalue weighted by Gasteiger charge is -2.34. The summed E-state index contributed by atoms with van der Waals surface area (Å²) >= 11 is 6.43. The molecule has 10 heteroatoms. The van der Waals surface area contributed by atoms with Gasteiger partial charge in [0.2, 0.25) is 21.8 Å². The smallest absolute Gasteiger partial charge is 0.244 e. The molecular weight excluding hydrogens is 526 g/mol.